The molecule has 0 radical (unpaired) electrons. The van der Waals surface area contributed by atoms with Crippen LogP contribution in [0.25, 0.3) is 0 Å². The van der Waals surface area contributed by atoms with Crippen LogP contribution in [0.15, 0.2) is 58.7 Å². The topological polar surface area (TPSA) is 95.5 Å². The third-order valence-corrected chi connectivity index (χ3v) is 5.61. The van der Waals surface area contributed by atoms with Gasteiger partial charge in [-0.2, -0.15) is 0 Å². The summed E-state index contributed by atoms with van der Waals surface area (Å²) in [6.07, 6.45) is 2.87. The number of guanidine groups is 1. The number of aryl methyl sites for hydroxylation is 1. The van der Waals surface area contributed by atoms with Crippen LogP contribution in [-0.2, 0) is 10.0 Å². The number of hydrogen-bond donors (Lipinski definition) is 3. The van der Waals surface area contributed by atoms with E-state index in [1.54, 1.807) is 6.07 Å². The lowest BCUT2D eigenvalue weighted by molar-refractivity contribution is 0.580. The van der Waals surface area contributed by atoms with Crippen molar-refractivity contribution in [2.24, 2.45) is 4.99 Å². The van der Waals surface area contributed by atoms with Crippen molar-refractivity contribution in [2.75, 3.05) is 26.2 Å². The maximum Gasteiger partial charge on any atom is 0.242 e. The molecule has 0 bridgehead atoms. The molecule has 1 aromatic carbocycles. The predicted molar refractivity (Wildman–Crippen MR) is 113 cm³/mol. The molecule has 2 aromatic rings. The molecular weight excluding hydrogens is 374 g/mol. The van der Waals surface area contributed by atoms with E-state index >= 15 is 0 Å². The number of aliphatic imine (C=N–C) groups is 1. The Hall–Kier alpha value is -2.45. The van der Waals surface area contributed by atoms with Gasteiger partial charge in [0.15, 0.2) is 5.96 Å². The van der Waals surface area contributed by atoms with Crippen LogP contribution < -0.4 is 15.4 Å². The Balaban J connectivity index is 1.85. The first kappa shape index (κ1) is 21.8. The summed E-state index contributed by atoms with van der Waals surface area (Å²) >= 11 is 0. The van der Waals surface area contributed by atoms with E-state index < -0.39 is 10.0 Å². The standard InChI is InChI=1S/C20H29N5O2S/c1-4-22-20(24-14-17(3)18-9-7-16(2)8-10-18)23-12-13-25-28(26,27)19-6-5-11-21-15-19/h5-11,15,17,25H,4,12-14H2,1-3H3,(H2,22,23,24). The minimum absolute atomic E-state index is 0.155. The zero-order chi connectivity index (χ0) is 20.4. The second-order valence-electron chi connectivity index (χ2n) is 6.54. The summed E-state index contributed by atoms with van der Waals surface area (Å²) in [5, 5.41) is 6.34. The number of nitrogens with one attached hydrogen (secondary N) is 3. The zero-order valence-corrected chi connectivity index (χ0v) is 17.5. The lowest BCUT2D eigenvalue weighted by Gasteiger charge is -2.14. The fourth-order valence-corrected chi connectivity index (χ4v) is 3.52. The predicted octanol–water partition coefficient (Wildman–Crippen LogP) is 2.03. The molecule has 1 aromatic heterocycles. The van der Waals surface area contributed by atoms with E-state index in [2.05, 4.69) is 63.4 Å². The number of sulfonamides is 1. The molecule has 0 fully saturated rings. The van der Waals surface area contributed by atoms with Crippen LogP contribution in [0.2, 0.25) is 0 Å². The minimum Gasteiger partial charge on any atom is -0.357 e. The van der Waals surface area contributed by atoms with E-state index in [4.69, 9.17) is 0 Å². The summed E-state index contributed by atoms with van der Waals surface area (Å²) in [5.41, 5.74) is 2.48. The Morgan fingerprint density at radius 3 is 2.54 bits per heavy atom. The van der Waals surface area contributed by atoms with Crippen LogP contribution in [0.3, 0.4) is 0 Å². The molecule has 0 aliphatic rings. The molecule has 1 unspecified atom stereocenters. The molecule has 0 saturated heterocycles. The van der Waals surface area contributed by atoms with Gasteiger partial charge in [-0.15, -0.1) is 0 Å². The van der Waals surface area contributed by atoms with Crippen LogP contribution in [0, 0.1) is 6.92 Å². The first-order chi connectivity index (χ1) is 13.4. The maximum absolute atomic E-state index is 12.2. The van der Waals surface area contributed by atoms with Crippen molar-refractivity contribution in [1.82, 2.24) is 20.3 Å². The van der Waals surface area contributed by atoms with Gasteiger partial charge in [0.05, 0.1) is 0 Å². The second kappa shape index (κ2) is 10.8. The third-order valence-electron chi connectivity index (χ3n) is 4.17. The molecule has 8 heteroatoms. The van der Waals surface area contributed by atoms with Gasteiger partial charge in [-0.1, -0.05) is 36.8 Å². The van der Waals surface area contributed by atoms with Gasteiger partial charge < -0.3 is 10.6 Å². The van der Waals surface area contributed by atoms with Gasteiger partial charge in [0.2, 0.25) is 10.0 Å². The summed E-state index contributed by atoms with van der Waals surface area (Å²) in [5.74, 6) is 0.960. The van der Waals surface area contributed by atoms with Gasteiger partial charge in [0.25, 0.3) is 0 Å². The summed E-state index contributed by atoms with van der Waals surface area (Å²) < 4.78 is 26.9. The van der Waals surface area contributed by atoms with E-state index in [-0.39, 0.29) is 11.4 Å². The van der Waals surface area contributed by atoms with Gasteiger partial charge in [0.1, 0.15) is 4.90 Å². The summed E-state index contributed by atoms with van der Waals surface area (Å²) in [6.45, 7) is 8.24. The fourth-order valence-electron chi connectivity index (χ4n) is 2.53. The summed E-state index contributed by atoms with van der Waals surface area (Å²) in [7, 11) is -3.55. The SMILES string of the molecule is CCNC(=NCC(C)c1ccc(C)cc1)NCCNS(=O)(=O)c1cccnc1. The van der Waals surface area contributed by atoms with E-state index in [1.165, 1.54) is 29.6 Å². The average molecular weight is 404 g/mol. The maximum atomic E-state index is 12.2. The van der Waals surface area contributed by atoms with Crippen molar-refractivity contribution in [3.63, 3.8) is 0 Å². The molecule has 0 saturated carbocycles. The Morgan fingerprint density at radius 2 is 1.89 bits per heavy atom. The number of rotatable bonds is 9. The van der Waals surface area contributed by atoms with Crippen molar-refractivity contribution in [2.45, 2.75) is 31.6 Å². The lowest BCUT2D eigenvalue weighted by atomic mass is 10.0. The van der Waals surface area contributed by atoms with Crippen LogP contribution in [0.1, 0.15) is 30.9 Å². The highest BCUT2D eigenvalue weighted by Gasteiger charge is 2.13. The quantitative estimate of drug-likeness (QED) is 0.338. The van der Waals surface area contributed by atoms with Crippen LogP contribution >= 0.6 is 0 Å². The van der Waals surface area contributed by atoms with Crippen molar-refractivity contribution in [3.8, 4) is 0 Å². The molecule has 2 rings (SSSR count). The van der Waals surface area contributed by atoms with E-state index in [0.717, 1.165) is 6.54 Å². The Kier molecular flexibility index (Phi) is 8.41. The van der Waals surface area contributed by atoms with Crippen LogP contribution in [0.4, 0.5) is 0 Å². The number of nitrogens with zero attached hydrogens (tertiary/aromatic N) is 2. The molecule has 1 heterocycles. The molecule has 7 nitrogen and oxygen atoms in total. The highest BCUT2D eigenvalue weighted by Crippen LogP contribution is 2.15. The lowest BCUT2D eigenvalue weighted by Crippen LogP contribution is -2.41. The Morgan fingerprint density at radius 1 is 1.14 bits per heavy atom. The van der Waals surface area contributed by atoms with Crippen molar-refractivity contribution in [3.05, 3.63) is 59.9 Å². The highest BCUT2D eigenvalue weighted by molar-refractivity contribution is 7.89. The van der Waals surface area contributed by atoms with E-state index in [0.29, 0.717) is 25.0 Å². The van der Waals surface area contributed by atoms with E-state index in [1.807, 2.05) is 6.92 Å². The van der Waals surface area contributed by atoms with Crippen LogP contribution in [0.5, 0.6) is 0 Å². The number of pyridine rings is 1. The first-order valence-electron chi connectivity index (χ1n) is 9.41. The Labute approximate surface area is 167 Å². The normalized spacial score (nSPS) is 13.2. The van der Waals surface area contributed by atoms with Crippen molar-refractivity contribution < 1.29 is 8.42 Å². The molecule has 3 N–H and O–H groups in total. The molecule has 0 spiro atoms. The van der Waals surface area contributed by atoms with Gasteiger partial charge in [-0.05, 0) is 31.5 Å². The number of benzene rings is 1. The molecule has 0 aliphatic heterocycles. The average Bonchev–Trinajstić information content (AvgIpc) is 2.70. The monoisotopic (exact) mass is 403 g/mol. The minimum atomic E-state index is -3.55. The molecule has 28 heavy (non-hydrogen) atoms. The smallest absolute Gasteiger partial charge is 0.242 e. The van der Waals surface area contributed by atoms with Gasteiger partial charge in [-0.3, -0.25) is 9.98 Å². The largest absolute Gasteiger partial charge is 0.357 e. The van der Waals surface area contributed by atoms with Gasteiger partial charge in [-0.25, -0.2) is 13.1 Å². The third kappa shape index (κ3) is 6.94. The highest BCUT2D eigenvalue weighted by atomic mass is 32.2. The number of hydrogen-bond acceptors (Lipinski definition) is 4. The summed E-state index contributed by atoms with van der Waals surface area (Å²) in [4.78, 5) is 8.61. The summed E-state index contributed by atoms with van der Waals surface area (Å²) in [6, 6.07) is 11.6. The molecule has 0 amide bonds. The van der Waals surface area contributed by atoms with Gasteiger partial charge >= 0.3 is 0 Å². The molecule has 152 valence electrons. The Bertz CT molecular complexity index is 852. The van der Waals surface area contributed by atoms with Crippen LogP contribution in [-0.4, -0.2) is 45.5 Å². The second-order valence-corrected chi connectivity index (χ2v) is 8.31. The molecule has 1 atom stereocenters. The first-order valence-corrected chi connectivity index (χ1v) is 10.9. The van der Waals surface area contributed by atoms with E-state index in [9.17, 15) is 8.42 Å². The number of aromatic nitrogens is 1. The zero-order valence-electron chi connectivity index (χ0n) is 16.6. The van der Waals surface area contributed by atoms with Crippen molar-refractivity contribution >= 4 is 16.0 Å². The van der Waals surface area contributed by atoms with Crippen molar-refractivity contribution in [1.29, 1.82) is 0 Å². The molecule has 0 aliphatic carbocycles. The molecular formula is C20H29N5O2S. The van der Waals surface area contributed by atoms with Gasteiger partial charge in [0, 0.05) is 44.5 Å². The fraction of sp³-hybridized carbons (Fsp3) is 0.400.